The fourth-order valence-electron chi connectivity index (χ4n) is 2.04. The van der Waals surface area contributed by atoms with Crippen molar-refractivity contribution in [1.29, 1.82) is 0 Å². The van der Waals surface area contributed by atoms with Gasteiger partial charge in [0.15, 0.2) is 5.13 Å². The maximum Gasteiger partial charge on any atom is 0.308 e. The zero-order valence-corrected chi connectivity index (χ0v) is 10.2. The van der Waals surface area contributed by atoms with Crippen LogP contribution in [0.25, 0.3) is 0 Å². The van der Waals surface area contributed by atoms with Gasteiger partial charge in [0.05, 0.1) is 6.42 Å². The van der Waals surface area contributed by atoms with Crippen molar-refractivity contribution < 1.29 is 9.90 Å². The van der Waals surface area contributed by atoms with Crippen LogP contribution in [0.15, 0.2) is 6.20 Å². The van der Waals surface area contributed by atoms with Crippen molar-refractivity contribution in [2.45, 2.75) is 38.6 Å². The van der Waals surface area contributed by atoms with E-state index in [4.69, 9.17) is 5.11 Å². The summed E-state index contributed by atoms with van der Waals surface area (Å²) < 4.78 is 0. The maximum absolute atomic E-state index is 10.6. The van der Waals surface area contributed by atoms with Gasteiger partial charge in [-0.1, -0.05) is 0 Å². The fourth-order valence-corrected chi connectivity index (χ4v) is 3.07. The highest BCUT2D eigenvalue weighted by molar-refractivity contribution is 7.15. The third kappa shape index (κ3) is 2.52. The van der Waals surface area contributed by atoms with E-state index in [0.717, 1.165) is 16.6 Å². The monoisotopic (exact) mass is 240 g/mol. The van der Waals surface area contributed by atoms with E-state index in [1.165, 1.54) is 30.6 Å². The molecule has 2 rings (SSSR count). The first-order valence-electron chi connectivity index (χ1n) is 5.60. The van der Waals surface area contributed by atoms with Crippen molar-refractivity contribution in [3.63, 3.8) is 0 Å². The second-order valence-corrected chi connectivity index (χ2v) is 5.31. The van der Waals surface area contributed by atoms with Crippen LogP contribution in [0.4, 0.5) is 5.13 Å². The number of hydrogen-bond donors (Lipinski definition) is 1. The van der Waals surface area contributed by atoms with E-state index in [1.54, 1.807) is 6.20 Å². The average molecular weight is 240 g/mol. The largest absolute Gasteiger partial charge is 0.481 e. The fraction of sp³-hybridized carbons (Fsp3) is 0.636. The predicted molar refractivity (Wildman–Crippen MR) is 64.1 cm³/mol. The topological polar surface area (TPSA) is 53.4 Å². The lowest BCUT2D eigenvalue weighted by Crippen LogP contribution is -2.37. The Kier molecular flexibility index (Phi) is 3.43. The number of aliphatic carboxylic acids is 1. The second-order valence-electron chi connectivity index (χ2n) is 4.22. The van der Waals surface area contributed by atoms with E-state index in [-0.39, 0.29) is 6.42 Å². The molecule has 1 aliphatic rings. The second kappa shape index (κ2) is 4.82. The number of thiazole rings is 1. The summed E-state index contributed by atoms with van der Waals surface area (Å²) in [7, 11) is 0. The predicted octanol–water partition coefficient (Wildman–Crippen LogP) is 2.15. The standard InChI is InChI=1S/C11H16N2O2S/c1-8-4-2-3-5-13(8)11-12-7-9(16-11)6-10(14)15/h7-8H,2-6H2,1H3,(H,14,15). The van der Waals surface area contributed by atoms with Gasteiger partial charge in [-0.2, -0.15) is 0 Å². The summed E-state index contributed by atoms with van der Waals surface area (Å²) in [5, 5.41) is 9.68. The van der Waals surface area contributed by atoms with Gasteiger partial charge in [0.1, 0.15) is 0 Å². The molecule has 0 spiro atoms. The van der Waals surface area contributed by atoms with E-state index >= 15 is 0 Å². The minimum atomic E-state index is -0.790. The van der Waals surface area contributed by atoms with Crippen molar-refractivity contribution in [3.05, 3.63) is 11.1 Å². The van der Waals surface area contributed by atoms with Crippen LogP contribution in [0.1, 0.15) is 31.1 Å². The molecule has 0 aliphatic carbocycles. The summed E-state index contributed by atoms with van der Waals surface area (Å²) in [6, 6.07) is 0.526. The van der Waals surface area contributed by atoms with Gasteiger partial charge in [-0.05, 0) is 26.2 Å². The average Bonchev–Trinajstić information content (AvgIpc) is 2.66. The van der Waals surface area contributed by atoms with Gasteiger partial charge in [0.25, 0.3) is 0 Å². The van der Waals surface area contributed by atoms with E-state index in [0.29, 0.717) is 6.04 Å². The smallest absolute Gasteiger partial charge is 0.308 e. The number of anilines is 1. The Labute approximate surface area is 98.9 Å². The van der Waals surface area contributed by atoms with Crippen molar-refractivity contribution in [2.75, 3.05) is 11.4 Å². The molecule has 1 aliphatic heterocycles. The Bertz CT molecular complexity index is 378. The Balaban J connectivity index is 2.08. The minimum Gasteiger partial charge on any atom is -0.481 e. The van der Waals surface area contributed by atoms with E-state index in [9.17, 15) is 4.79 Å². The molecule has 1 unspecified atom stereocenters. The summed E-state index contributed by atoms with van der Waals surface area (Å²) in [6.07, 6.45) is 5.46. The molecule has 0 radical (unpaired) electrons. The molecule has 88 valence electrons. The molecule has 1 saturated heterocycles. The highest BCUT2D eigenvalue weighted by atomic mass is 32.1. The molecule has 1 aromatic heterocycles. The number of hydrogen-bond acceptors (Lipinski definition) is 4. The molecule has 0 aromatic carbocycles. The van der Waals surface area contributed by atoms with Crippen LogP contribution in [0, 0.1) is 0 Å². The van der Waals surface area contributed by atoms with Gasteiger partial charge in [0, 0.05) is 23.7 Å². The van der Waals surface area contributed by atoms with Gasteiger partial charge in [-0.15, -0.1) is 11.3 Å². The zero-order chi connectivity index (χ0) is 11.5. The van der Waals surface area contributed by atoms with Crippen molar-refractivity contribution in [3.8, 4) is 0 Å². The normalized spacial score (nSPS) is 21.1. The van der Waals surface area contributed by atoms with Gasteiger partial charge < -0.3 is 10.0 Å². The number of rotatable bonds is 3. The van der Waals surface area contributed by atoms with Crippen LogP contribution in [-0.2, 0) is 11.2 Å². The molecule has 1 fully saturated rings. The number of piperidine rings is 1. The van der Waals surface area contributed by atoms with E-state index in [1.807, 2.05) is 0 Å². The van der Waals surface area contributed by atoms with Crippen LogP contribution < -0.4 is 4.90 Å². The summed E-state index contributed by atoms with van der Waals surface area (Å²) in [6.45, 7) is 3.25. The lowest BCUT2D eigenvalue weighted by molar-refractivity contribution is -0.136. The van der Waals surface area contributed by atoms with Gasteiger partial charge in [-0.3, -0.25) is 4.79 Å². The number of carboxylic acid groups (broad SMARTS) is 1. The number of aromatic nitrogens is 1. The highest BCUT2D eigenvalue weighted by Crippen LogP contribution is 2.28. The quantitative estimate of drug-likeness (QED) is 0.879. The molecule has 2 heterocycles. The van der Waals surface area contributed by atoms with Crippen LogP contribution in [-0.4, -0.2) is 28.6 Å². The molecule has 1 atom stereocenters. The molecule has 16 heavy (non-hydrogen) atoms. The third-order valence-corrected chi connectivity index (χ3v) is 3.95. The maximum atomic E-state index is 10.6. The van der Waals surface area contributed by atoms with Gasteiger partial charge in [-0.25, -0.2) is 4.98 Å². The molecular formula is C11H16N2O2S. The molecule has 5 heteroatoms. The van der Waals surface area contributed by atoms with Crippen molar-refractivity contribution in [2.24, 2.45) is 0 Å². The zero-order valence-electron chi connectivity index (χ0n) is 9.35. The summed E-state index contributed by atoms with van der Waals surface area (Å²) in [5.74, 6) is -0.790. The lowest BCUT2D eigenvalue weighted by atomic mass is 10.1. The minimum absolute atomic E-state index is 0.0832. The van der Waals surface area contributed by atoms with E-state index in [2.05, 4.69) is 16.8 Å². The Hall–Kier alpha value is -1.10. The molecular weight excluding hydrogens is 224 g/mol. The van der Waals surface area contributed by atoms with Crippen LogP contribution in [0.3, 0.4) is 0 Å². The lowest BCUT2D eigenvalue weighted by Gasteiger charge is -2.33. The van der Waals surface area contributed by atoms with Gasteiger partial charge >= 0.3 is 5.97 Å². The van der Waals surface area contributed by atoms with E-state index < -0.39 is 5.97 Å². The number of carbonyl (C=O) groups is 1. The first-order chi connectivity index (χ1) is 7.66. The molecule has 0 saturated carbocycles. The molecule has 1 aromatic rings. The summed E-state index contributed by atoms with van der Waals surface area (Å²) in [5.41, 5.74) is 0. The summed E-state index contributed by atoms with van der Waals surface area (Å²) >= 11 is 1.51. The Morgan fingerprint density at radius 3 is 3.19 bits per heavy atom. The molecule has 1 N–H and O–H groups in total. The molecule has 4 nitrogen and oxygen atoms in total. The Morgan fingerprint density at radius 1 is 1.69 bits per heavy atom. The van der Waals surface area contributed by atoms with Crippen LogP contribution >= 0.6 is 11.3 Å². The first-order valence-corrected chi connectivity index (χ1v) is 6.41. The van der Waals surface area contributed by atoms with Crippen LogP contribution in [0.5, 0.6) is 0 Å². The Morgan fingerprint density at radius 2 is 2.50 bits per heavy atom. The summed E-state index contributed by atoms with van der Waals surface area (Å²) in [4.78, 5) is 18.0. The van der Waals surface area contributed by atoms with Crippen LogP contribution in [0.2, 0.25) is 0 Å². The SMILES string of the molecule is CC1CCCCN1c1ncc(CC(=O)O)s1. The first kappa shape index (κ1) is 11.4. The third-order valence-electron chi connectivity index (χ3n) is 2.92. The molecule has 0 amide bonds. The molecule has 0 bridgehead atoms. The van der Waals surface area contributed by atoms with Gasteiger partial charge in [0.2, 0.25) is 0 Å². The van der Waals surface area contributed by atoms with Crippen molar-refractivity contribution >= 4 is 22.4 Å². The number of nitrogens with zero attached hydrogens (tertiary/aromatic N) is 2. The van der Waals surface area contributed by atoms with Crippen molar-refractivity contribution in [1.82, 2.24) is 4.98 Å². The number of carboxylic acids is 1. The highest BCUT2D eigenvalue weighted by Gasteiger charge is 2.21.